The summed E-state index contributed by atoms with van der Waals surface area (Å²) in [4.78, 5) is 2.09. The van der Waals surface area contributed by atoms with Gasteiger partial charge in [-0.1, -0.05) is 0 Å². The number of aliphatic hydroxyl groups excluding tert-OH is 2. The van der Waals surface area contributed by atoms with Gasteiger partial charge in [0, 0.05) is 18.6 Å². The predicted octanol–water partition coefficient (Wildman–Crippen LogP) is -0.178. The molecule has 1 rings (SSSR count). The summed E-state index contributed by atoms with van der Waals surface area (Å²) in [7, 11) is 0. The van der Waals surface area contributed by atoms with Crippen molar-refractivity contribution in [3.63, 3.8) is 0 Å². The minimum atomic E-state index is -0.561. The zero-order chi connectivity index (χ0) is 8.65. The summed E-state index contributed by atoms with van der Waals surface area (Å²) in [6.07, 6.45) is -1.12. The molecule has 11 heavy (non-hydrogen) atoms. The fourth-order valence-electron chi connectivity index (χ4n) is 1.32. The van der Waals surface area contributed by atoms with Crippen LogP contribution in [0.4, 0.5) is 0 Å². The van der Waals surface area contributed by atoms with Gasteiger partial charge in [-0.2, -0.15) is 0 Å². The van der Waals surface area contributed by atoms with E-state index in [0.29, 0.717) is 13.1 Å². The largest absolute Gasteiger partial charge is 0.389 e. The topological polar surface area (TPSA) is 43.7 Å². The van der Waals surface area contributed by atoms with Gasteiger partial charge in [0.25, 0.3) is 0 Å². The second-order valence-electron chi connectivity index (χ2n) is 4.21. The van der Waals surface area contributed by atoms with E-state index in [1.54, 1.807) is 0 Å². The maximum Gasteiger partial charge on any atom is 0.0938 e. The molecule has 1 aliphatic rings. The Morgan fingerprint density at radius 2 is 1.45 bits per heavy atom. The first kappa shape index (κ1) is 8.97. The van der Waals surface area contributed by atoms with Crippen LogP contribution in [-0.2, 0) is 0 Å². The standard InChI is InChI=1S/C8H17NO2/c1-8(2,3)9-4-6(10)7(11)5-9/h6-7,10-11H,4-5H2,1-3H3. The molecular formula is C8H17NO2. The minimum Gasteiger partial charge on any atom is -0.389 e. The third-order valence-electron chi connectivity index (χ3n) is 2.21. The molecular weight excluding hydrogens is 142 g/mol. The lowest BCUT2D eigenvalue weighted by molar-refractivity contribution is 0.0572. The van der Waals surface area contributed by atoms with Crippen LogP contribution in [0.25, 0.3) is 0 Å². The van der Waals surface area contributed by atoms with Gasteiger partial charge >= 0.3 is 0 Å². The zero-order valence-electron chi connectivity index (χ0n) is 7.41. The van der Waals surface area contributed by atoms with Gasteiger partial charge in [0.15, 0.2) is 0 Å². The van der Waals surface area contributed by atoms with Crippen LogP contribution in [0, 0.1) is 0 Å². The van der Waals surface area contributed by atoms with E-state index in [9.17, 15) is 10.2 Å². The van der Waals surface area contributed by atoms with E-state index < -0.39 is 12.2 Å². The molecule has 0 spiro atoms. The summed E-state index contributed by atoms with van der Waals surface area (Å²) in [6, 6.07) is 0. The van der Waals surface area contributed by atoms with E-state index in [2.05, 4.69) is 25.7 Å². The third-order valence-corrected chi connectivity index (χ3v) is 2.21. The molecule has 66 valence electrons. The molecule has 3 heteroatoms. The lowest BCUT2D eigenvalue weighted by Gasteiger charge is -2.31. The molecule has 1 aliphatic heterocycles. The zero-order valence-corrected chi connectivity index (χ0v) is 7.41. The third kappa shape index (κ3) is 1.92. The normalized spacial score (nSPS) is 34.6. The Kier molecular flexibility index (Phi) is 2.23. The van der Waals surface area contributed by atoms with Crippen molar-refractivity contribution in [2.45, 2.75) is 38.5 Å². The van der Waals surface area contributed by atoms with Crippen molar-refractivity contribution >= 4 is 0 Å². The quantitative estimate of drug-likeness (QED) is 0.515. The van der Waals surface area contributed by atoms with Gasteiger partial charge in [0.1, 0.15) is 0 Å². The van der Waals surface area contributed by atoms with E-state index in [1.165, 1.54) is 0 Å². The summed E-state index contributed by atoms with van der Waals surface area (Å²) in [5, 5.41) is 18.5. The molecule has 2 atom stereocenters. The molecule has 0 aromatic rings. The molecule has 0 aromatic heterocycles. The second kappa shape index (κ2) is 2.73. The van der Waals surface area contributed by atoms with Crippen LogP contribution in [0.2, 0.25) is 0 Å². The first-order valence-electron chi connectivity index (χ1n) is 4.02. The Morgan fingerprint density at radius 1 is 1.09 bits per heavy atom. The maximum absolute atomic E-state index is 9.24. The van der Waals surface area contributed by atoms with Gasteiger partial charge in [-0.25, -0.2) is 0 Å². The molecule has 0 aliphatic carbocycles. The minimum absolute atomic E-state index is 0.0540. The Bertz CT molecular complexity index is 132. The smallest absolute Gasteiger partial charge is 0.0938 e. The highest BCUT2D eigenvalue weighted by Crippen LogP contribution is 2.20. The van der Waals surface area contributed by atoms with Gasteiger partial charge in [-0.3, -0.25) is 4.90 Å². The number of nitrogens with zero attached hydrogens (tertiary/aromatic N) is 1. The highest BCUT2D eigenvalue weighted by molar-refractivity contribution is 4.89. The first-order chi connectivity index (χ1) is 4.91. The number of hydrogen-bond acceptors (Lipinski definition) is 3. The monoisotopic (exact) mass is 159 g/mol. The van der Waals surface area contributed by atoms with Crippen LogP contribution in [-0.4, -0.2) is 45.9 Å². The first-order valence-corrected chi connectivity index (χ1v) is 4.02. The average molecular weight is 159 g/mol. The van der Waals surface area contributed by atoms with Crippen LogP contribution >= 0.6 is 0 Å². The summed E-state index contributed by atoms with van der Waals surface area (Å²) >= 11 is 0. The number of rotatable bonds is 0. The number of likely N-dealkylation sites (tertiary alicyclic amines) is 1. The molecule has 0 aromatic carbocycles. The molecule has 3 nitrogen and oxygen atoms in total. The van der Waals surface area contributed by atoms with Crippen LogP contribution in [0.3, 0.4) is 0 Å². The van der Waals surface area contributed by atoms with Crippen molar-refractivity contribution in [2.24, 2.45) is 0 Å². The van der Waals surface area contributed by atoms with E-state index in [-0.39, 0.29) is 5.54 Å². The summed E-state index contributed by atoms with van der Waals surface area (Å²) < 4.78 is 0. The van der Waals surface area contributed by atoms with Crippen molar-refractivity contribution in [1.82, 2.24) is 4.90 Å². The lowest BCUT2D eigenvalue weighted by Crippen LogP contribution is -2.40. The molecule has 0 amide bonds. The molecule has 1 fully saturated rings. The predicted molar refractivity (Wildman–Crippen MR) is 43.3 cm³/mol. The molecule has 2 N–H and O–H groups in total. The van der Waals surface area contributed by atoms with Crippen molar-refractivity contribution in [3.8, 4) is 0 Å². The van der Waals surface area contributed by atoms with Gasteiger partial charge in [0.05, 0.1) is 12.2 Å². The van der Waals surface area contributed by atoms with Crippen LogP contribution in [0.5, 0.6) is 0 Å². The molecule has 1 saturated heterocycles. The SMILES string of the molecule is CC(C)(C)N1CC(O)C(O)C1. The number of aliphatic hydroxyl groups is 2. The Labute approximate surface area is 67.6 Å². The highest BCUT2D eigenvalue weighted by atomic mass is 16.3. The van der Waals surface area contributed by atoms with Crippen molar-refractivity contribution in [3.05, 3.63) is 0 Å². The summed E-state index contributed by atoms with van der Waals surface area (Å²) in [5.74, 6) is 0. The van der Waals surface area contributed by atoms with E-state index in [0.717, 1.165) is 0 Å². The van der Waals surface area contributed by atoms with E-state index in [4.69, 9.17) is 0 Å². The van der Waals surface area contributed by atoms with Crippen molar-refractivity contribution < 1.29 is 10.2 Å². The highest BCUT2D eigenvalue weighted by Gasteiger charge is 2.35. The van der Waals surface area contributed by atoms with Crippen LogP contribution in [0.15, 0.2) is 0 Å². The lowest BCUT2D eigenvalue weighted by atomic mass is 10.1. The fourth-order valence-corrected chi connectivity index (χ4v) is 1.32. The summed E-state index contributed by atoms with van der Waals surface area (Å²) in [5.41, 5.74) is 0.0540. The average Bonchev–Trinajstić information content (AvgIpc) is 2.11. The molecule has 0 bridgehead atoms. The van der Waals surface area contributed by atoms with Crippen LogP contribution < -0.4 is 0 Å². The summed E-state index contributed by atoms with van der Waals surface area (Å²) in [6.45, 7) is 7.42. The van der Waals surface area contributed by atoms with Gasteiger partial charge in [-0.05, 0) is 20.8 Å². The molecule has 0 radical (unpaired) electrons. The van der Waals surface area contributed by atoms with E-state index in [1.807, 2.05) is 0 Å². The fraction of sp³-hybridized carbons (Fsp3) is 1.00. The van der Waals surface area contributed by atoms with Gasteiger partial charge in [-0.15, -0.1) is 0 Å². The second-order valence-corrected chi connectivity index (χ2v) is 4.21. The van der Waals surface area contributed by atoms with Crippen molar-refractivity contribution in [1.29, 1.82) is 0 Å². The van der Waals surface area contributed by atoms with Gasteiger partial charge < -0.3 is 10.2 Å². The Morgan fingerprint density at radius 3 is 1.64 bits per heavy atom. The number of hydrogen-bond donors (Lipinski definition) is 2. The van der Waals surface area contributed by atoms with Crippen molar-refractivity contribution in [2.75, 3.05) is 13.1 Å². The molecule has 0 saturated carbocycles. The van der Waals surface area contributed by atoms with E-state index >= 15 is 0 Å². The maximum atomic E-state index is 9.24. The van der Waals surface area contributed by atoms with Crippen LogP contribution in [0.1, 0.15) is 20.8 Å². The van der Waals surface area contributed by atoms with Gasteiger partial charge in [0.2, 0.25) is 0 Å². The molecule has 2 unspecified atom stereocenters. The molecule has 1 heterocycles. The Balaban J connectivity index is 2.54. The Hall–Kier alpha value is -0.120. The number of β-amino-alcohol motifs (C(OH)–C–C–N with tert-alkyl or cyclic N) is 2.